The van der Waals surface area contributed by atoms with E-state index in [4.69, 9.17) is 0 Å². The first-order valence-electron chi connectivity index (χ1n) is 15.4. The Bertz CT molecular complexity index is 1580. The Kier molecular flexibility index (Phi) is 8.16. The summed E-state index contributed by atoms with van der Waals surface area (Å²) in [5, 5.41) is 11.0. The summed E-state index contributed by atoms with van der Waals surface area (Å²) in [5.41, 5.74) is 6.77. The van der Waals surface area contributed by atoms with Crippen LogP contribution in [-0.4, -0.2) is 64.6 Å². The number of nitrogens with zero attached hydrogens (tertiary/aromatic N) is 3. The van der Waals surface area contributed by atoms with E-state index in [0.29, 0.717) is 12.0 Å². The highest BCUT2D eigenvalue weighted by molar-refractivity contribution is 5.99. The number of carboxylic acids is 1. The second-order valence-electron chi connectivity index (χ2n) is 12.2. The number of carbonyl (C=O) groups is 2. The number of fused-ring (bicyclic) bond motifs is 1. The van der Waals surface area contributed by atoms with Crippen LogP contribution in [0.4, 0.5) is 0 Å². The summed E-state index contributed by atoms with van der Waals surface area (Å²) < 4.78 is 2.14. The van der Waals surface area contributed by atoms with Gasteiger partial charge in [0.1, 0.15) is 6.54 Å². The van der Waals surface area contributed by atoms with Gasteiger partial charge in [-0.15, -0.1) is 0 Å². The first-order chi connectivity index (χ1) is 20.4. The van der Waals surface area contributed by atoms with E-state index in [1.165, 1.54) is 24.8 Å². The van der Waals surface area contributed by atoms with Crippen LogP contribution < -0.4 is 0 Å². The van der Waals surface area contributed by atoms with E-state index in [1.807, 2.05) is 17.0 Å². The summed E-state index contributed by atoms with van der Waals surface area (Å²) >= 11 is 0. The van der Waals surface area contributed by atoms with Crippen LogP contribution in [0.5, 0.6) is 0 Å². The molecule has 2 aliphatic rings. The molecule has 0 bridgehead atoms. The molecule has 1 aromatic heterocycles. The van der Waals surface area contributed by atoms with Crippen LogP contribution in [0.15, 0.2) is 72.8 Å². The Hall–Kier alpha value is -3.90. The molecule has 0 atom stereocenters. The van der Waals surface area contributed by atoms with E-state index in [2.05, 4.69) is 72.1 Å². The number of aromatic nitrogens is 1. The molecule has 2 heterocycles. The SMILES string of the molecule is CN(C)C1CCN(C(=O)Cn2c(-c3cccc(-c4ccccc4)c3)c(C3CCCCC3)c3ccc(C(=O)O)cc32)CC1. The molecule has 218 valence electrons. The van der Waals surface area contributed by atoms with E-state index in [9.17, 15) is 14.7 Å². The van der Waals surface area contributed by atoms with Gasteiger partial charge in [-0.2, -0.15) is 0 Å². The molecule has 2 fully saturated rings. The number of aromatic carboxylic acids is 1. The highest BCUT2D eigenvalue weighted by Gasteiger charge is 2.30. The first kappa shape index (κ1) is 28.2. The maximum Gasteiger partial charge on any atom is 0.335 e. The quantitative estimate of drug-likeness (QED) is 0.257. The number of hydrogen-bond acceptors (Lipinski definition) is 3. The molecule has 6 nitrogen and oxygen atoms in total. The summed E-state index contributed by atoms with van der Waals surface area (Å²) in [6, 6.07) is 25.0. The predicted molar refractivity (Wildman–Crippen MR) is 169 cm³/mol. The molecule has 1 N–H and O–H groups in total. The maximum atomic E-state index is 13.9. The number of benzene rings is 3. The second kappa shape index (κ2) is 12.1. The third-order valence-corrected chi connectivity index (χ3v) is 9.45. The molecule has 0 radical (unpaired) electrons. The summed E-state index contributed by atoms with van der Waals surface area (Å²) in [7, 11) is 4.22. The fraction of sp³-hybridized carbons (Fsp3) is 0.389. The van der Waals surface area contributed by atoms with Crippen molar-refractivity contribution in [2.24, 2.45) is 0 Å². The number of piperidine rings is 1. The highest BCUT2D eigenvalue weighted by Crippen LogP contribution is 2.45. The van der Waals surface area contributed by atoms with Crippen LogP contribution in [0.25, 0.3) is 33.3 Å². The lowest BCUT2D eigenvalue weighted by atomic mass is 9.81. The van der Waals surface area contributed by atoms with E-state index in [0.717, 1.165) is 72.1 Å². The molecule has 1 amide bonds. The fourth-order valence-electron chi connectivity index (χ4n) is 7.13. The van der Waals surface area contributed by atoms with Crippen molar-refractivity contribution < 1.29 is 14.7 Å². The zero-order valence-electron chi connectivity index (χ0n) is 24.8. The molecule has 0 spiro atoms. The molecular formula is C36H41N3O3. The van der Waals surface area contributed by atoms with Crippen molar-refractivity contribution in [3.8, 4) is 22.4 Å². The van der Waals surface area contributed by atoms with Gasteiger partial charge in [-0.1, -0.05) is 73.9 Å². The van der Waals surface area contributed by atoms with Crippen LogP contribution in [0.2, 0.25) is 0 Å². The second-order valence-corrected chi connectivity index (χ2v) is 12.2. The molecule has 1 aliphatic carbocycles. The van der Waals surface area contributed by atoms with Crippen molar-refractivity contribution in [2.45, 2.75) is 63.5 Å². The number of likely N-dealkylation sites (tertiary alicyclic amines) is 1. The Balaban J connectivity index is 1.50. The van der Waals surface area contributed by atoms with Gasteiger partial charge in [0.15, 0.2) is 0 Å². The highest BCUT2D eigenvalue weighted by atomic mass is 16.4. The number of amides is 1. The molecule has 6 rings (SSSR count). The Morgan fingerprint density at radius 3 is 2.19 bits per heavy atom. The Labute approximate surface area is 248 Å². The average molecular weight is 564 g/mol. The van der Waals surface area contributed by atoms with Crippen LogP contribution in [0, 0.1) is 0 Å². The lowest BCUT2D eigenvalue weighted by molar-refractivity contribution is -0.133. The Morgan fingerprint density at radius 1 is 0.810 bits per heavy atom. The number of carboxylic acid groups (broad SMARTS) is 1. The average Bonchev–Trinajstić information content (AvgIpc) is 3.35. The molecule has 1 aliphatic heterocycles. The number of hydrogen-bond donors (Lipinski definition) is 1. The minimum atomic E-state index is -0.950. The third-order valence-electron chi connectivity index (χ3n) is 9.45. The molecule has 42 heavy (non-hydrogen) atoms. The third kappa shape index (κ3) is 5.60. The van der Waals surface area contributed by atoms with Crippen LogP contribution >= 0.6 is 0 Å². The van der Waals surface area contributed by atoms with Crippen molar-refractivity contribution >= 4 is 22.8 Å². The molecule has 4 aromatic rings. The normalized spacial score (nSPS) is 16.8. The number of rotatable bonds is 7. The topological polar surface area (TPSA) is 65.8 Å². The van der Waals surface area contributed by atoms with E-state index < -0.39 is 5.97 Å². The van der Waals surface area contributed by atoms with Gasteiger partial charge in [-0.05, 0) is 86.1 Å². The van der Waals surface area contributed by atoms with Gasteiger partial charge in [0.25, 0.3) is 0 Å². The van der Waals surface area contributed by atoms with Crippen molar-refractivity contribution in [3.05, 3.63) is 83.9 Å². The molecule has 1 saturated carbocycles. The van der Waals surface area contributed by atoms with Crippen molar-refractivity contribution in [1.29, 1.82) is 0 Å². The summed E-state index contributed by atoms with van der Waals surface area (Å²) in [4.78, 5) is 30.3. The molecule has 6 heteroatoms. The van der Waals surface area contributed by atoms with E-state index >= 15 is 0 Å². The largest absolute Gasteiger partial charge is 0.478 e. The van der Waals surface area contributed by atoms with Crippen molar-refractivity contribution in [1.82, 2.24) is 14.4 Å². The summed E-state index contributed by atoms with van der Waals surface area (Å²) in [6.45, 7) is 1.69. The van der Waals surface area contributed by atoms with Crippen LogP contribution in [0.1, 0.15) is 66.8 Å². The van der Waals surface area contributed by atoms with E-state index in [1.54, 1.807) is 12.1 Å². The molecule has 0 unspecified atom stereocenters. The minimum Gasteiger partial charge on any atom is -0.478 e. The summed E-state index contributed by atoms with van der Waals surface area (Å²) in [5.74, 6) is -0.478. The predicted octanol–water partition coefficient (Wildman–Crippen LogP) is 7.27. The smallest absolute Gasteiger partial charge is 0.335 e. The van der Waals surface area contributed by atoms with Gasteiger partial charge in [-0.25, -0.2) is 4.79 Å². The first-order valence-corrected chi connectivity index (χ1v) is 15.4. The minimum absolute atomic E-state index is 0.0977. The standard InChI is InChI=1S/C36H41N3O3/c1-37(2)30-18-20-38(21-19-30)33(40)24-39-32-23-29(36(41)42)16-17-31(32)34(26-12-7-4-8-13-26)35(39)28-15-9-14-27(22-28)25-10-5-3-6-11-25/h3,5-6,9-11,14-17,22-23,26,30H,4,7-8,12-13,18-21,24H2,1-2H3,(H,41,42). The fourth-order valence-corrected chi connectivity index (χ4v) is 7.13. The van der Waals surface area contributed by atoms with E-state index in [-0.39, 0.29) is 18.0 Å². The van der Waals surface area contributed by atoms with Gasteiger partial charge >= 0.3 is 5.97 Å². The van der Waals surface area contributed by atoms with Gasteiger partial charge in [0, 0.05) is 24.5 Å². The van der Waals surface area contributed by atoms with Gasteiger partial charge in [0.2, 0.25) is 5.91 Å². The van der Waals surface area contributed by atoms with Gasteiger partial charge in [0.05, 0.1) is 16.8 Å². The van der Waals surface area contributed by atoms with Gasteiger partial charge < -0.3 is 19.5 Å². The zero-order valence-corrected chi connectivity index (χ0v) is 24.8. The zero-order chi connectivity index (χ0) is 29.2. The summed E-state index contributed by atoms with van der Waals surface area (Å²) in [6.07, 6.45) is 7.77. The molecule has 1 saturated heterocycles. The number of carbonyl (C=O) groups excluding carboxylic acids is 1. The monoisotopic (exact) mass is 563 g/mol. The lowest BCUT2D eigenvalue weighted by Crippen LogP contribution is -2.45. The maximum absolute atomic E-state index is 13.9. The van der Waals surface area contributed by atoms with Crippen molar-refractivity contribution in [2.75, 3.05) is 27.2 Å². The lowest BCUT2D eigenvalue weighted by Gasteiger charge is -2.35. The van der Waals surface area contributed by atoms with Crippen LogP contribution in [0.3, 0.4) is 0 Å². The van der Waals surface area contributed by atoms with Gasteiger partial charge in [-0.3, -0.25) is 4.79 Å². The Morgan fingerprint density at radius 2 is 1.50 bits per heavy atom. The van der Waals surface area contributed by atoms with Crippen molar-refractivity contribution in [3.63, 3.8) is 0 Å². The molecule has 3 aromatic carbocycles. The van der Waals surface area contributed by atoms with Crippen LogP contribution in [-0.2, 0) is 11.3 Å². The molecular weight excluding hydrogens is 522 g/mol.